The van der Waals surface area contributed by atoms with E-state index in [-0.39, 0.29) is 6.54 Å². The molecule has 1 aromatic carbocycles. The van der Waals surface area contributed by atoms with Crippen LogP contribution >= 0.6 is 0 Å². The molecule has 23 heavy (non-hydrogen) atoms. The van der Waals surface area contributed by atoms with E-state index in [0.29, 0.717) is 5.92 Å². The van der Waals surface area contributed by atoms with Crippen molar-refractivity contribution < 1.29 is 17.6 Å². The van der Waals surface area contributed by atoms with E-state index in [2.05, 4.69) is 10.0 Å². The summed E-state index contributed by atoms with van der Waals surface area (Å²) in [6, 6.07) is 3.98. The molecule has 1 amide bonds. The molecule has 2 unspecified atom stereocenters. The molecule has 8 heteroatoms. The number of hydrogen-bond donors (Lipinski definition) is 3. The maximum Gasteiger partial charge on any atom is 0.244 e. The van der Waals surface area contributed by atoms with Crippen LogP contribution in [-0.4, -0.2) is 32.5 Å². The van der Waals surface area contributed by atoms with Crippen molar-refractivity contribution in [2.45, 2.75) is 43.2 Å². The minimum Gasteiger partial charge on any atom is -0.348 e. The van der Waals surface area contributed by atoms with Gasteiger partial charge in [-0.2, -0.15) is 4.72 Å². The van der Waals surface area contributed by atoms with Crippen molar-refractivity contribution in [3.63, 3.8) is 0 Å². The fourth-order valence-corrected chi connectivity index (χ4v) is 3.72. The molecule has 6 nitrogen and oxygen atoms in total. The first-order valence-corrected chi connectivity index (χ1v) is 8.97. The Morgan fingerprint density at radius 2 is 2.04 bits per heavy atom. The summed E-state index contributed by atoms with van der Waals surface area (Å²) in [5, 5.41) is 2.81. The summed E-state index contributed by atoms with van der Waals surface area (Å²) in [7, 11) is -4.12. The summed E-state index contributed by atoms with van der Waals surface area (Å²) >= 11 is 0. The predicted octanol–water partition coefficient (Wildman–Crippen LogP) is 0.736. The molecule has 2 rings (SSSR count). The Labute approximate surface area is 135 Å². The standard InChI is InChI=1S/C15H22FN3O3S/c1-10(14(20)18-15(2,9-17)11-7-8-11)19-23(21,22)13-6-4-3-5-12(13)16/h3-6,10-11,19H,7-9,17H2,1-2H3,(H,18,20). The summed E-state index contributed by atoms with van der Waals surface area (Å²) in [4.78, 5) is 11.8. The molecule has 0 saturated heterocycles. The highest BCUT2D eigenvalue weighted by atomic mass is 32.2. The fourth-order valence-electron chi connectivity index (χ4n) is 2.44. The smallest absolute Gasteiger partial charge is 0.244 e. The topological polar surface area (TPSA) is 101 Å². The lowest BCUT2D eigenvalue weighted by molar-refractivity contribution is -0.124. The molecular weight excluding hydrogens is 321 g/mol. The summed E-state index contributed by atoms with van der Waals surface area (Å²) < 4.78 is 40.2. The maximum atomic E-state index is 13.6. The third kappa shape index (κ3) is 4.07. The summed E-state index contributed by atoms with van der Waals surface area (Å²) in [5.74, 6) is -1.03. The molecule has 0 aliphatic heterocycles. The number of benzene rings is 1. The van der Waals surface area contributed by atoms with E-state index in [1.807, 2.05) is 6.92 Å². The second-order valence-electron chi connectivity index (χ2n) is 6.16. The molecule has 1 fully saturated rings. The average molecular weight is 343 g/mol. The van der Waals surface area contributed by atoms with Crippen molar-refractivity contribution in [2.75, 3.05) is 6.54 Å². The van der Waals surface area contributed by atoms with Gasteiger partial charge in [0.1, 0.15) is 10.7 Å². The fraction of sp³-hybridized carbons (Fsp3) is 0.533. The van der Waals surface area contributed by atoms with Crippen LogP contribution in [0.25, 0.3) is 0 Å². The zero-order valence-corrected chi connectivity index (χ0v) is 14.0. The lowest BCUT2D eigenvalue weighted by Crippen LogP contribution is -2.57. The Hall–Kier alpha value is -1.51. The Morgan fingerprint density at radius 3 is 2.57 bits per heavy atom. The lowest BCUT2D eigenvalue weighted by Gasteiger charge is -2.31. The van der Waals surface area contributed by atoms with E-state index in [1.165, 1.54) is 19.1 Å². The minimum absolute atomic E-state index is 0.274. The van der Waals surface area contributed by atoms with Crippen LogP contribution in [0.5, 0.6) is 0 Å². The number of sulfonamides is 1. The van der Waals surface area contributed by atoms with Crippen molar-refractivity contribution >= 4 is 15.9 Å². The normalized spacial score (nSPS) is 19.0. The van der Waals surface area contributed by atoms with Gasteiger partial charge < -0.3 is 11.1 Å². The number of halogens is 1. The van der Waals surface area contributed by atoms with Crippen LogP contribution in [0.1, 0.15) is 26.7 Å². The molecule has 1 saturated carbocycles. The first-order chi connectivity index (χ1) is 10.7. The van der Waals surface area contributed by atoms with E-state index in [1.54, 1.807) is 0 Å². The molecule has 0 bridgehead atoms. The number of carbonyl (C=O) groups excluding carboxylic acids is 1. The zero-order valence-electron chi connectivity index (χ0n) is 13.2. The molecule has 1 aliphatic rings. The number of rotatable bonds is 7. The van der Waals surface area contributed by atoms with Crippen molar-refractivity contribution in [3.05, 3.63) is 30.1 Å². The third-order valence-corrected chi connectivity index (χ3v) is 5.74. The molecule has 1 aliphatic carbocycles. The van der Waals surface area contributed by atoms with Crippen LogP contribution in [0.15, 0.2) is 29.2 Å². The highest BCUT2D eigenvalue weighted by Gasteiger charge is 2.42. The SMILES string of the molecule is CC(NS(=O)(=O)c1ccccc1F)C(=O)NC(C)(CN)C1CC1. The van der Waals surface area contributed by atoms with Gasteiger partial charge >= 0.3 is 0 Å². The number of nitrogens with one attached hydrogen (secondary N) is 2. The van der Waals surface area contributed by atoms with Gasteiger partial charge in [-0.25, -0.2) is 12.8 Å². The van der Waals surface area contributed by atoms with Crippen LogP contribution in [0, 0.1) is 11.7 Å². The number of carbonyl (C=O) groups is 1. The summed E-state index contributed by atoms with van der Waals surface area (Å²) in [5.41, 5.74) is 5.18. The zero-order chi connectivity index (χ0) is 17.3. The number of nitrogens with two attached hydrogens (primary N) is 1. The molecular formula is C15H22FN3O3S. The van der Waals surface area contributed by atoms with Gasteiger partial charge in [0.05, 0.1) is 11.6 Å². The summed E-state index contributed by atoms with van der Waals surface area (Å²) in [6.45, 7) is 3.54. The molecule has 0 radical (unpaired) electrons. The van der Waals surface area contributed by atoms with Gasteiger partial charge in [-0.3, -0.25) is 4.79 Å². The van der Waals surface area contributed by atoms with Gasteiger partial charge in [-0.1, -0.05) is 12.1 Å². The van der Waals surface area contributed by atoms with Crippen LogP contribution in [0.4, 0.5) is 4.39 Å². The van der Waals surface area contributed by atoms with Gasteiger partial charge in [0.2, 0.25) is 15.9 Å². The van der Waals surface area contributed by atoms with E-state index < -0.39 is 38.2 Å². The van der Waals surface area contributed by atoms with Gasteiger partial charge in [-0.05, 0) is 44.7 Å². The van der Waals surface area contributed by atoms with Gasteiger partial charge in [0.15, 0.2) is 0 Å². The molecule has 0 heterocycles. The van der Waals surface area contributed by atoms with Crippen molar-refractivity contribution in [1.82, 2.24) is 10.0 Å². The van der Waals surface area contributed by atoms with Crippen molar-refractivity contribution in [2.24, 2.45) is 11.7 Å². The molecule has 128 valence electrons. The number of hydrogen-bond acceptors (Lipinski definition) is 4. The Bertz CT molecular complexity index is 691. The number of amides is 1. The summed E-state index contributed by atoms with van der Waals surface area (Å²) in [6.07, 6.45) is 1.98. The molecule has 0 spiro atoms. The third-order valence-electron chi connectivity index (χ3n) is 4.16. The van der Waals surface area contributed by atoms with Crippen LogP contribution in [0.2, 0.25) is 0 Å². The monoisotopic (exact) mass is 343 g/mol. The largest absolute Gasteiger partial charge is 0.348 e. The highest BCUT2D eigenvalue weighted by Crippen LogP contribution is 2.38. The first kappa shape index (κ1) is 17.8. The lowest BCUT2D eigenvalue weighted by atomic mass is 9.95. The average Bonchev–Trinajstić information content (AvgIpc) is 3.31. The Kier molecular flexibility index (Phi) is 5.07. The second-order valence-corrected chi connectivity index (χ2v) is 7.84. The van der Waals surface area contributed by atoms with E-state index in [9.17, 15) is 17.6 Å². The molecule has 0 aromatic heterocycles. The van der Waals surface area contributed by atoms with Gasteiger partial charge in [-0.15, -0.1) is 0 Å². The maximum absolute atomic E-state index is 13.6. The predicted molar refractivity (Wildman–Crippen MR) is 84.5 cm³/mol. The minimum atomic E-state index is -4.12. The van der Waals surface area contributed by atoms with Crippen molar-refractivity contribution in [1.29, 1.82) is 0 Å². The van der Waals surface area contributed by atoms with Gasteiger partial charge in [0.25, 0.3) is 0 Å². The Morgan fingerprint density at radius 1 is 1.43 bits per heavy atom. The van der Waals surface area contributed by atoms with Crippen molar-refractivity contribution in [3.8, 4) is 0 Å². The Balaban J connectivity index is 2.07. The van der Waals surface area contributed by atoms with Crippen LogP contribution < -0.4 is 15.8 Å². The molecule has 2 atom stereocenters. The van der Waals surface area contributed by atoms with Crippen LogP contribution in [-0.2, 0) is 14.8 Å². The van der Waals surface area contributed by atoms with E-state index in [0.717, 1.165) is 25.0 Å². The van der Waals surface area contributed by atoms with Crippen LogP contribution in [0.3, 0.4) is 0 Å². The first-order valence-electron chi connectivity index (χ1n) is 7.48. The van der Waals surface area contributed by atoms with E-state index in [4.69, 9.17) is 5.73 Å². The van der Waals surface area contributed by atoms with Gasteiger partial charge in [0, 0.05) is 6.54 Å². The quantitative estimate of drug-likeness (QED) is 0.679. The molecule has 4 N–H and O–H groups in total. The highest BCUT2D eigenvalue weighted by molar-refractivity contribution is 7.89. The molecule has 1 aromatic rings. The van der Waals surface area contributed by atoms with E-state index >= 15 is 0 Å². The second kappa shape index (κ2) is 6.54.